The molecular formula is C10H12O2S. The number of hydrogen-bond donors (Lipinski definition) is 1. The fourth-order valence-electron chi connectivity index (χ4n) is 0.880. The number of rotatable bonds is 4. The summed E-state index contributed by atoms with van der Waals surface area (Å²) in [4.78, 5) is 0.907. The largest absolute Gasteiger partial charge is 0.463 e. The van der Waals surface area contributed by atoms with Gasteiger partial charge in [-0.05, 0) is 24.3 Å². The molecule has 1 unspecified atom stereocenters. The van der Waals surface area contributed by atoms with Gasteiger partial charge in [0, 0.05) is 11.8 Å². The second-order valence-electron chi connectivity index (χ2n) is 2.48. The topological polar surface area (TPSA) is 18.5 Å². The van der Waals surface area contributed by atoms with Crippen LogP contribution in [0.4, 0.5) is 0 Å². The van der Waals surface area contributed by atoms with Crippen LogP contribution in [-0.2, 0) is 4.74 Å². The molecule has 0 amide bonds. The van der Waals surface area contributed by atoms with Gasteiger partial charge in [0.25, 0.3) is 0 Å². The standard InChI is InChI=1S/C10H12O2S/c1-3-11-8(2)12-9-4-6-10(13)7-5-9/h3-8,13H,1H2,2H3. The summed E-state index contributed by atoms with van der Waals surface area (Å²) in [6.45, 7) is 5.24. The Morgan fingerprint density at radius 3 is 2.54 bits per heavy atom. The minimum Gasteiger partial charge on any atom is -0.463 e. The van der Waals surface area contributed by atoms with Crippen molar-refractivity contribution in [2.24, 2.45) is 0 Å². The van der Waals surface area contributed by atoms with Gasteiger partial charge >= 0.3 is 0 Å². The first kappa shape index (κ1) is 9.99. The summed E-state index contributed by atoms with van der Waals surface area (Å²) in [5, 5.41) is 0. The summed E-state index contributed by atoms with van der Waals surface area (Å²) in [7, 11) is 0. The first-order chi connectivity index (χ1) is 6.22. The van der Waals surface area contributed by atoms with E-state index >= 15 is 0 Å². The lowest BCUT2D eigenvalue weighted by Crippen LogP contribution is -2.12. The van der Waals surface area contributed by atoms with Gasteiger partial charge in [-0.25, -0.2) is 0 Å². The van der Waals surface area contributed by atoms with Crippen LogP contribution in [0.2, 0.25) is 0 Å². The van der Waals surface area contributed by atoms with Crippen molar-refractivity contribution in [2.45, 2.75) is 18.1 Å². The molecule has 0 radical (unpaired) electrons. The third-order valence-corrected chi connectivity index (χ3v) is 1.72. The van der Waals surface area contributed by atoms with Gasteiger partial charge in [-0.1, -0.05) is 6.58 Å². The first-order valence-corrected chi connectivity index (χ1v) is 4.39. The molecule has 0 saturated heterocycles. The fourth-order valence-corrected chi connectivity index (χ4v) is 1.03. The Balaban J connectivity index is 2.53. The molecule has 1 atom stereocenters. The van der Waals surface area contributed by atoms with Gasteiger partial charge in [0.1, 0.15) is 5.75 Å². The monoisotopic (exact) mass is 196 g/mol. The summed E-state index contributed by atoms with van der Waals surface area (Å²) in [6, 6.07) is 7.40. The highest BCUT2D eigenvalue weighted by atomic mass is 32.1. The van der Waals surface area contributed by atoms with E-state index in [-0.39, 0.29) is 6.29 Å². The maximum absolute atomic E-state index is 5.38. The zero-order valence-electron chi connectivity index (χ0n) is 7.43. The summed E-state index contributed by atoms with van der Waals surface area (Å²) in [5.74, 6) is 0.757. The Hall–Kier alpha value is -1.09. The summed E-state index contributed by atoms with van der Waals surface area (Å²) in [6.07, 6.45) is 1.04. The predicted molar refractivity (Wildman–Crippen MR) is 55.1 cm³/mol. The maximum Gasteiger partial charge on any atom is 0.237 e. The molecule has 2 nitrogen and oxygen atoms in total. The molecule has 1 aromatic rings. The van der Waals surface area contributed by atoms with E-state index in [1.165, 1.54) is 6.26 Å². The molecule has 0 heterocycles. The van der Waals surface area contributed by atoms with Crippen LogP contribution < -0.4 is 4.74 Å². The Kier molecular flexibility index (Phi) is 3.71. The minimum absolute atomic E-state index is 0.316. The molecule has 1 aromatic carbocycles. The van der Waals surface area contributed by atoms with Gasteiger partial charge in [-0.3, -0.25) is 0 Å². The molecule has 0 aliphatic carbocycles. The van der Waals surface area contributed by atoms with E-state index in [0.29, 0.717) is 0 Å². The van der Waals surface area contributed by atoms with Gasteiger partial charge in [-0.15, -0.1) is 12.6 Å². The highest BCUT2D eigenvalue weighted by molar-refractivity contribution is 7.80. The van der Waals surface area contributed by atoms with Crippen molar-refractivity contribution in [3.8, 4) is 5.75 Å². The van der Waals surface area contributed by atoms with E-state index in [1.54, 1.807) is 6.92 Å². The van der Waals surface area contributed by atoms with E-state index < -0.39 is 0 Å². The minimum atomic E-state index is -0.316. The van der Waals surface area contributed by atoms with Crippen molar-refractivity contribution in [3.63, 3.8) is 0 Å². The van der Waals surface area contributed by atoms with E-state index in [0.717, 1.165) is 10.6 Å². The molecule has 70 valence electrons. The lowest BCUT2D eigenvalue weighted by atomic mass is 10.3. The third-order valence-electron chi connectivity index (χ3n) is 1.43. The molecule has 0 N–H and O–H groups in total. The molecule has 0 aliphatic rings. The van der Waals surface area contributed by atoms with Crippen LogP contribution in [0.25, 0.3) is 0 Å². The smallest absolute Gasteiger partial charge is 0.237 e. The molecule has 0 bridgehead atoms. The van der Waals surface area contributed by atoms with Gasteiger partial charge in [0.2, 0.25) is 6.29 Å². The van der Waals surface area contributed by atoms with Crippen LogP contribution in [0.1, 0.15) is 6.92 Å². The van der Waals surface area contributed by atoms with E-state index in [9.17, 15) is 0 Å². The fraction of sp³-hybridized carbons (Fsp3) is 0.200. The number of thiol groups is 1. The van der Waals surface area contributed by atoms with Gasteiger partial charge in [0.15, 0.2) is 0 Å². The van der Waals surface area contributed by atoms with Crippen LogP contribution >= 0.6 is 12.6 Å². The number of hydrogen-bond acceptors (Lipinski definition) is 3. The molecule has 13 heavy (non-hydrogen) atoms. The highest BCUT2D eigenvalue weighted by Gasteiger charge is 2.00. The molecule has 0 fully saturated rings. The molecule has 3 heteroatoms. The first-order valence-electron chi connectivity index (χ1n) is 3.94. The number of ether oxygens (including phenoxy) is 2. The summed E-state index contributed by atoms with van der Waals surface area (Å²) >= 11 is 4.16. The van der Waals surface area contributed by atoms with Crippen molar-refractivity contribution in [2.75, 3.05) is 0 Å². The van der Waals surface area contributed by atoms with Crippen molar-refractivity contribution in [1.82, 2.24) is 0 Å². The SMILES string of the molecule is C=COC(C)Oc1ccc(S)cc1. The molecule has 0 spiro atoms. The summed E-state index contributed by atoms with van der Waals surface area (Å²) in [5.41, 5.74) is 0. The normalized spacial score (nSPS) is 11.8. The average Bonchev–Trinajstić information content (AvgIpc) is 2.09. The van der Waals surface area contributed by atoms with Crippen LogP contribution in [-0.4, -0.2) is 6.29 Å². The maximum atomic E-state index is 5.38. The Morgan fingerprint density at radius 2 is 2.00 bits per heavy atom. The summed E-state index contributed by atoms with van der Waals surface area (Å²) < 4.78 is 10.4. The Labute approximate surface area is 83.6 Å². The Morgan fingerprint density at radius 1 is 1.38 bits per heavy atom. The van der Waals surface area contributed by atoms with Crippen molar-refractivity contribution in [3.05, 3.63) is 37.1 Å². The van der Waals surface area contributed by atoms with Crippen LogP contribution in [0.5, 0.6) is 5.75 Å². The third kappa shape index (κ3) is 3.42. The number of benzene rings is 1. The molecule has 1 rings (SSSR count). The second kappa shape index (κ2) is 4.82. The quantitative estimate of drug-likeness (QED) is 0.453. The molecule has 0 saturated carbocycles. The van der Waals surface area contributed by atoms with Crippen molar-refractivity contribution < 1.29 is 9.47 Å². The van der Waals surface area contributed by atoms with E-state index in [1.807, 2.05) is 24.3 Å². The van der Waals surface area contributed by atoms with Gasteiger partial charge < -0.3 is 9.47 Å². The highest BCUT2D eigenvalue weighted by Crippen LogP contribution is 2.15. The predicted octanol–water partition coefficient (Wildman–Crippen LogP) is 2.86. The lowest BCUT2D eigenvalue weighted by molar-refractivity contribution is -0.0132. The average molecular weight is 196 g/mol. The van der Waals surface area contributed by atoms with Crippen LogP contribution in [0.15, 0.2) is 42.0 Å². The van der Waals surface area contributed by atoms with Crippen molar-refractivity contribution in [1.29, 1.82) is 0 Å². The molecular weight excluding hydrogens is 184 g/mol. The van der Waals surface area contributed by atoms with Crippen LogP contribution in [0.3, 0.4) is 0 Å². The van der Waals surface area contributed by atoms with E-state index in [4.69, 9.17) is 9.47 Å². The Bertz CT molecular complexity index is 269. The van der Waals surface area contributed by atoms with Gasteiger partial charge in [-0.2, -0.15) is 0 Å². The molecule has 0 aromatic heterocycles. The van der Waals surface area contributed by atoms with Crippen molar-refractivity contribution >= 4 is 12.6 Å². The second-order valence-corrected chi connectivity index (χ2v) is 3.00. The zero-order chi connectivity index (χ0) is 9.68. The van der Waals surface area contributed by atoms with Gasteiger partial charge in [0.05, 0.1) is 6.26 Å². The zero-order valence-corrected chi connectivity index (χ0v) is 8.33. The lowest BCUT2D eigenvalue weighted by Gasteiger charge is -2.13. The molecule has 0 aliphatic heterocycles. The van der Waals surface area contributed by atoms with E-state index in [2.05, 4.69) is 19.2 Å². The van der Waals surface area contributed by atoms with Crippen LogP contribution in [0, 0.1) is 0 Å².